The molecule has 0 spiro atoms. The summed E-state index contributed by atoms with van der Waals surface area (Å²) in [5.74, 6) is 2.72. The van der Waals surface area contributed by atoms with Crippen molar-refractivity contribution in [3.63, 3.8) is 0 Å². The second-order valence-corrected chi connectivity index (χ2v) is 7.71. The molecule has 2 aromatic rings. The first-order valence-corrected chi connectivity index (χ1v) is 8.64. The summed E-state index contributed by atoms with van der Waals surface area (Å²) in [5.41, 5.74) is 2.15. The van der Waals surface area contributed by atoms with Gasteiger partial charge in [0.2, 0.25) is 5.89 Å². The van der Waals surface area contributed by atoms with E-state index < -0.39 is 0 Å². The molecule has 22 heavy (non-hydrogen) atoms. The number of fused-ring (bicyclic) bond motifs is 1. The quantitative estimate of drug-likeness (QED) is 0.870. The molecular weight excluding hydrogens is 298 g/mol. The van der Waals surface area contributed by atoms with Crippen molar-refractivity contribution < 1.29 is 9.21 Å². The minimum absolute atomic E-state index is 0.0424. The standard InChI is InChI=1S/C16H21N3O2S/c1-16(2,3)14-18-12-10-11(4-5-13(12)21-14)17-15(20)19-6-8-22-9-7-19/h4-5,10H,6-9H2,1-3H3,(H,17,20). The van der Waals surface area contributed by atoms with E-state index in [9.17, 15) is 4.79 Å². The maximum absolute atomic E-state index is 12.2. The number of amides is 2. The lowest BCUT2D eigenvalue weighted by atomic mass is 9.97. The highest BCUT2D eigenvalue weighted by Crippen LogP contribution is 2.27. The van der Waals surface area contributed by atoms with Crippen molar-refractivity contribution in [3.8, 4) is 0 Å². The van der Waals surface area contributed by atoms with Gasteiger partial charge in [-0.25, -0.2) is 9.78 Å². The predicted octanol–water partition coefficient (Wildman–Crippen LogP) is 3.71. The molecule has 0 atom stereocenters. The van der Waals surface area contributed by atoms with E-state index in [1.807, 2.05) is 34.9 Å². The summed E-state index contributed by atoms with van der Waals surface area (Å²) in [5, 5.41) is 2.95. The fourth-order valence-electron chi connectivity index (χ4n) is 2.29. The second kappa shape index (κ2) is 5.83. The fraction of sp³-hybridized carbons (Fsp3) is 0.500. The van der Waals surface area contributed by atoms with Gasteiger partial charge in [0, 0.05) is 35.7 Å². The van der Waals surface area contributed by atoms with Crippen molar-refractivity contribution in [2.24, 2.45) is 0 Å². The molecule has 1 saturated heterocycles. The maximum atomic E-state index is 12.2. The van der Waals surface area contributed by atoms with Gasteiger partial charge in [0.05, 0.1) is 0 Å². The SMILES string of the molecule is CC(C)(C)c1nc2cc(NC(=O)N3CCSCC3)ccc2o1. The van der Waals surface area contributed by atoms with Crippen molar-refractivity contribution in [1.29, 1.82) is 0 Å². The second-order valence-electron chi connectivity index (χ2n) is 6.48. The highest BCUT2D eigenvalue weighted by molar-refractivity contribution is 7.99. The van der Waals surface area contributed by atoms with Gasteiger partial charge < -0.3 is 14.6 Å². The van der Waals surface area contributed by atoms with Crippen LogP contribution in [-0.4, -0.2) is 40.5 Å². The summed E-state index contributed by atoms with van der Waals surface area (Å²) in [7, 11) is 0. The number of rotatable bonds is 1. The van der Waals surface area contributed by atoms with Crippen LogP contribution in [0.1, 0.15) is 26.7 Å². The Bertz CT molecular complexity index is 684. The topological polar surface area (TPSA) is 58.4 Å². The van der Waals surface area contributed by atoms with E-state index in [0.29, 0.717) is 5.89 Å². The molecule has 118 valence electrons. The number of oxazole rings is 1. The molecule has 1 aromatic carbocycles. The monoisotopic (exact) mass is 319 g/mol. The van der Waals surface area contributed by atoms with E-state index in [0.717, 1.165) is 41.4 Å². The average Bonchev–Trinajstić information content (AvgIpc) is 2.91. The molecule has 0 saturated carbocycles. The van der Waals surface area contributed by atoms with E-state index in [1.54, 1.807) is 0 Å². The van der Waals surface area contributed by atoms with E-state index >= 15 is 0 Å². The first-order valence-electron chi connectivity index (χ1n) is 7.48. The Morgan fingerprint density at radius 1 is 1.32 bits per heavy atom. The highest BCUT2D eigenvalue weighted by Gasteiger charge is 2.21. The minimum Gasteiger partial charge on any atom is -0.440 e. The smallest absolute Gasteiger partial charge is 0.321 e. The number of hydrogen-bond donors (Lipinski definition) is 1. The number of carbonyl (C=O) groups excluding carboxylic acids is 1. The molecule has 3 rings (SSSR count). The maximum Gasteiger partial charge on any atom is 0.321 e. The lowest BCUT2D eigenvalue weighted by molar-refractivity contribution is 0.217. The number of carbonyl (C=O) groups is 1. The summed E-state index contributed by atoms with van der Waals surface area (Å²) >= 11 is 1.89. The van der Waals surface area contributed by atoms with Crippen LogP contribution in [-0.2, 0) is 5.41 Å². The molecule has 2 amide bonds. The van der Waals surface area contributed by atoms with E-state index in [2.05, 4.69) is 31.1 Å². The molecule has 0 unspecified atom stereocenters. The molecule has 1 aromatic heterocycles. The Kier molecular flexibility index (Phi) is 4.04. The molecule has 0 bridgehead atoms. The number of anilines is 1. The van der Waals surface area contributed by atoms with Crippen LogP contribution < -0.4 is 5.32 Å². The molecule has 2 heterocycles. The number of benzene rings is 1. The third-order valence-electron chi connectivity index (χ3n) is 3.58. The van der Waals surface area contributed by atoms with Crippen LogP contribution in [0.25, 0.3) is 11.1 Å². The summed E-state index contributed by atoms with van der Waals surface area (Å²) in [4.78, 5) is 18.6. The molecule has 1 aliphatic heterocycles. The number of nitrogens with one attached hydrogen (secondary N) is 1. The molecule has 0 radical (unpaired) electrons. The van der Waals surface area contributed by atoms with Gasteiger partial charge in [-0.2, -0.15) is 11.8 Å². The van der Waals surface area contributed by atoms with Crippen molar-refractivity contribution >= 4 is 34.6 Å². The largest absolute Gasteiger partial charge is 0.440 e. The van der Waals surface area contributed by atoms with Crippen LogP contribution in [0.4, 0.5) is 10.5 Å². The Balaban J connectivity index is 1.78. The number of aromatic nitrogens is 1. The van der Waals surface area contributed by atoms with Crippen LogP contribution in [0.2, 0.25) is 0 Å². The van der Waals surface area contributed by atoms with Crippen molar-refractivity contribution in [3.05, 3.63) is 24.1 Å². The zero-order valence-electron chi connectivity index (χ0n) is 13.2. The van der Waals surface area contributed by atoms with Gasteiger partial charge in [-0.05, 0) is 18.2 Å². The van der Waals surface area contributed by atoms with Crippen LogP contribution in [0.5, 0.6) is 0 Å². The molecule has 0 aliphatic carbocycles. The third kappa shape index (κ3) is 3.21. The van der Waals surface area contributed by atoms with Gasteiger partial charge in [0.25, 0.3) is 0 Å². The van der Waals surface area contributed by atoms with Crippen LogP contribution >= 0.6 is 11.8 Å². The van der Waals surface area contributed by atoms with E-state index in [-0.39, 0.29) is 11.4 Å². The van der Waals surface area contributed by atoms with Gasteiger partial charge >= 0.3 is 6.03 Å². The number of hydrogen-bond acceptors (Lipinski definition) is 4. The first-order chi connectivity index (χ1) is 10.4. The van der Waals surface area contributed by atoms with Gasteiger partial charge in [0.1, 0.15) is 5.52 Å². The van der Waals surface area contributed by atoms with Crippen molar-refractivity contribution in [2.45, 2.75) is 26.2 Å². The zero-order chi connectivity index (χ0) is 15.7. The summed E-state index contributed by atoms with van der Waals surface area (Å²) in [6.45, 7) is 7.80. The van der Waals surface area contributed by atoms with E-state index in [4.69, 9.17) is 4.42 Å². The lowest BCUT2D eigenvalue weighted by Crippen LogP contribution is -2.40. The van der Waals surface area contributed by atoms with Gasteiger partial charge in [-0.1, -0.05) is 20.8 Å². The summed E-state index contributed by atoms with van der Waals surface area (Å²) in [6.07, 6.45) is 0. The lowest BCUT2D eigenvalue weighted by Gasteiger charge is -2.26. The summed E-state index contributed by atoms with van der Waals surface area (Å²) < 4.78 is 5.77. The zero-order valence-corrected chi connectivity index (χ0v) is 14.0. The minimum atomic E-state index is -0.131. The average molecular weight is 319 g/mol. The Labute approximate surface area is 134 Å². The van der Waals surface area contributed by atoms with Crippen molar-refractivity contribution in [2.75, 3.05) is 29.9 Å². The molecule has 1 N–H and O–H groups in total. The fourth-order valence-corrected chi connectivity index (χ4v) is 3.20. The highest BCUT2D eigenvalue weighted by atomic mass is 32.2. The van der Waals surface area contributed by atoms with Gasteiger partial charge in [0.15, 0.2) is 5.58 Å². The Hall–Kier alpha value is -1.69. The first kappa shape index (κ1) is 15.2. The van der Waals surface area contributed by atoms with Gasteiger partial charge in [-0.3, -0.25) is 0 Å². The molecule has 1 aliphatic rings. The molecule has 1 fully saturated rings. The predicted molar refractivity (Wildman–Crippen MR) is 90.6 cm³/mol. The van der Waals surface area contributed by atoms with Crippen LogP contribution in [0, 0.1) is 0 Å². The van der Waals surface area contributed by atoms with Crippen LogP contribution in [0.3, 0.4) is 0 Å². The third-order valence-corrected chi connectivity index (χ3v) is 4.52. The summed E-state index contributed by atoms with van der Waals surface area (Å²) in [6, 6.07) is 5.54. The van der Waals surface area contributed by atoms with Crippen molar-refractivity contribution in [1.82, 2.24) is 9.88 Å². The van der Waals surface area contributed by atoms with Gasteiger partial charge in [-0.15, -0.1) is 0 Å². The van der Waals surface area contributed by atoms with E-state index in [1.165, 1.54) is 0 Å². The molecule has 6 heteroatoms. The normalized spacial score (nSPS) is 16.0. The molecular formula is C16H21N3O2S. The number of thioether (sulfide) groups is 1. The number of nitrogens with zero attached hydrogens (tertiary/aromatic N) is 2. The van der Waals surface area contributed by atoms with Crippen LogP contribution in [0.15, 0.2) is 22.6 Å². The Morgan fingerprint density at radius 2 is 2.05 bits per heavy atom. The number of urea groups is 1. The molecule has 5 nitrogen and oxygen atoms in total. The Morgan fingerprint density at radius 3 is 2.73 bits per heavy atom.